The number of carbonyl (C=O) groups is 1. The first kappa shape index (κ1) is 21.2. The molecule has 10 heteroatoms. The van der Waals surface area contributed by atoms with Crippen LogP contribution in [0.1, 0.15) is 25.7 Å². The standard InChI is InChI=1S/C25H21FN6O3/c26-18-9-14(15-4-8-23(27-12-15)35-16-5-1-13(2-6-16)25(33)34)3-7-17(18)24-28-19-10-21-22(31-32-30-21)11-20(19)29-24/h3-4,7-13,16H,1-2,5-6H2,(H,28,29)(H,33,34)(H,30,31,32). The van der Waals surface area contributed by atoms with Crippen LogP contribution in [0.4, 0.5) is 4.39 Å². The Morgan fingerprint density at radius 1 is 1.00 bits per heavy atom. The molecule has 0 spiro atoms. The summed E-state index contributed by atoms with van der Waals surface area (Å²) in [6.45, 7) is 0. The van der Waals surface area contributed by atoms with E-state index in [4.69, 9.17) is 9.84 Å². The van der Waals surface area contributed by atoms with Crippen molar-refractivity contribution in [1.82, 2.24) is 30.4 Å². The largest absolute Gasteiger partial charge is 0.481 e. The van der Waals surface area contributed by atoms with Crippen molar-refractivity contribution >= 4 is 28.0 Å². The highest BCUT2D eigenvalue weighted by molar-refractivity contribution is 5.92. The molecule has 0 aliphatic heterocycles. The van der Waals surface area contributed by atoms with Gasteiger partial charge in [-0.1, -0.05) is 11.3 Å². The highest BCUT2D eigenvalue weighted by atomic mass is 19.1. The van der Waals surface area contributed by atoms with Gasteiger partial charge in [0.15, 0.2) is 0 Å². The fourth-order valence-electron chi connectivity index (χ4n) is 4.58. The lowest BCUT2D eigenvalue weighted by Gasteiger charge is -2.26. The first-order chi connectivity index (χ1) is 17.0. The Morgan fingerprint density at radius 3 is 2.57 bits per heavy atom. The monoisotopic (exact) mass is 472 g/mol. The van der Waals surface area contributed by atoms with E-state index in [1.807, 2.05) is 18.2 Å². The highest BCUT2D eigenvalue weighted by Gasteiger charge is 2.27. The van der Waals surface area contributed by atoms with Crippen LogP contribution in [0, 0.1) is 11.7 Å². The van der Waals surface area contributed by atoms with E-state index in [0.29, 0.717) is 59.5 Å². The van der Waals surface area contributed by atoms with E-state index >= 15 is 4.39 Å². The van der Waals surface area contributed by atoms with Gasteiger partial charge in [0, 0.05) is 17.8 Å². The SMILES string of the molecule is O=C(O)C1CCC(Oc2ccc(-c3ccc(-c4nc5cc6nn[nH]c6cc5[nH]4)c(F)c3)cn2)CC1. The predicted octanol–water partition coefficient (Wildman–Crippen LogP) is 4.72. The molecule has 1 aliphatic carbocycles. The molecular formula is C25H21FN6O3. The van der Waals surface area contributed by atoms with Gasteiger partial charge in [0.25, 0.3) is 0 Å². The molecule has 0 amide bonds. The van der Waals surface area contributed by atoms with Crippen molar-refractivity contribution in [2.75, 3.05) is 0 Å². The smallest absolute Gasteiger partial charge is 0.306 e. The summed E-state index contributed by atoms with van der Waals surface area (Å²) < 4.78 is 21.0. The van der Waals surface area contributed by atoms with Crippen LogP contribution in [0.15, 0.2) is 48.7 Å². The lowest BCUT2D eigenvalue weighted by Crippen LogP contribution is -2.28. The maximum Gasteiger partial charge on any atom is 0.306 e. The van der Waals surface area contributed by atoms with Crippen molar-refractivity contribution in [2.45, 2.75) is 31.8 Å². The number of carboxylic acid groups (broad SMARTS) is 1. The lowest BCUT2D eigenvalue weighted by atomic mass is 9.87. The van der Waals surface area contributed by atoms with Crippen LogP contribution in [0.3, 0.4) is 0 Å². The zero-order valence-corrected chi connectivity index (χ0v) is 18.5. The van der Waals surface area contributed by atoms with Crippen LogP contribution in [0.5, 0.6) is 5.88 Å². The third-order valence-electron chi connectivity index (χ3n) is 6.53. The minimum atomic E-state index is -0.739. The highest BCUT2D eigenvalue weighted by Crippen LogP contribution is 2.30. The Kier molecular flexibility index (Phi) is 5.13. The number of halogens is 1. The molecule has 0 atom stereocenters. The predicted molar refractivity (Wildman–Crippen MR) is 126 cm³/mol. The summed E-state index contributed by atoms with van der Waals surface area (Å²) in [6.07, 6.45) is 4.22. The van der Waals surface area contributed by atoms with E-state index in [9.17, 15) is 4.79 Å². The number of hydrogen-bond donors (Lipinski definition) is 3. The van der Waals surface area contributed by atoms with Crippen molar-refractivity contribution in [2.24, 2.45) is 5.92 Å². The van der Waals surface area contributed by atoms with E-state index < -0.39 is 11.8 Å². The van der Waals surface area contributed by atoms with Crippen molar-refractivity contribution < 1.29 is 19.0 Å². The van der Waals surface area contributed by atoms with Crippen LogP contribution in [-0.4, -0.2) is 47.5 Å². The lowest BCUT2D eigenvalue weighted by molar-refractivity contribution is -0.143. The summed E-state index contributed by atoms with van der Waals surface area (Å²) in [5.74, 6) is -0.511. The Bertz CT molecular complexity index is 1490. The van der Waals surface area contributed by atoms with Crippen molar-refractivity contribution in [3.05, 3.63) is 54.5 Å². The molecule has 2 aromatic carbocycles. The number of aromatic amines is 2. The molecule has 9 nitrogen and oxygen atoms in total. The van der Waals surface area contributed by atoms with Crippen molar-refractivity contribution in [3.63, 3.8) is 0 Å². The molecular weight excluding hydrogens is 451 g/mol. The van der Waals surface area contributed by atoms with Crippen LogP contribution >= 0.6 is 0 Å². The topological polar surface area (TPSA) is 130 Å². The van der Waals surface area contributed by atoms with Crippen LogP contribution in [0.2, 0.25) is 0 Å². The van der Waals surface area contributed by atoms with E-state index in [0.717, 1.165) is 16.6 Å². The number of rotatable bonds is 5. The van der Waals surface area contributed by atoms with Gasteiger partial charge in [-0.2, -0.15) is 0 Å². The second-order valence-electron chi connectivity index (χ2n) is 8.79. The van der Waals surface area contributed by atoms with E-state index in [1.165, 1.54) is 6.07 Å². The number of imidazole rings is 1. The van der Waals surface area contributed by atoms with Crippen molar-refractivity contribution in [3.8, 4) is 28.4 Å². The molecule has 1 aliphatic rings. The normalized spacial score (nSPS) is 18.2. The molecule has 0 radical (unpaired) electrons. The molecule has 3 aromatic heterocycles. The number of hydrogen-bond acceptors (Lipinski definition) is 6. The zero-order chi connectivity index (χ0) is 23.9. The average molecular weight is 472 g/mol. The van der Waals surface area contributed by atoms with Gasteiger partial charge < -0.3 is 14.8 Å². The van der Waals surface area contributed by atoms with Gasteiger partial charge in [0.2, 0.25) is 5.88 Å². The fraction of sp³-hybridized carbons (Fsp3) is 0.240. The molecule has 3 heterocycles. The maximum absolute atomic E-state index is 15.1. The van der Waals surface area contributed by atoms with Gasteiger partial charge >= 0.3 is 5.97 Å². The molecule has 176 valence electrons. The average Bonchev–Trinajstić information content (AvgIpc) is 3.49. The minimum absolute atomic E-state index is 0.0375. The van der Waals surface area contributed by atoms with Crippen LogP contribution in [-0.2, 0) is 4.79 Å². The second-order valence-corrected chi connectivity index (χ2v) is 8.79. The van der Waals surface area contributed by atoms with E-state index in [-0.39, 0.29) is 12.0 Å². The number of aliphatic carboxylic acids is 1. The van der Waals surface area contributed by atoms with Gasteiger partial charge in [-0.3, -0.25) is 9.89 Å². The second kappa shape index (κ2) is 8.46. The van der Waals surface area contributed by atoms with E-state index in [2.05, 4.69) is 30.4 Å². The molecule has 0 unspecified atom stereocenters. The minimum Gasteiger partial charge on any atom is -0.481 e. The maximum atomic E-state index is 15.1. The number of aromatic nitrogens is 6. The Hall–Kier alpha value is -4.34. The molecule has 1 fully saturated rings. The summed E-state index contributed by atoms with van der Waals surface area (Å²) in [5.41, 5.74) is 4.72. The third kappa shape index (κ3) is 4.07. The van der Waals surface area contributed by atoms with Gasteiger partial charge in [-0.25, -0.2) is 14.4 Å². The van der Waals surface area contributed by atoms with Crippen LogP contribution < -0.4 is 4.74 Å². The Balaban J connectivity index is 1.18. The number of fused-ring (bicyclic) bond motifs is 2. The fourth-order valence-corrected chi connectivity index (χ4v) is 4.58. The number of nitrogens with zero attached hydrogens (tertiary/aromatic N) is 4. The number of benzene rings is 2. The quantitative estimate of drug-likeness (QED) is 0.337. The van der Waals surface area contributed by atoms with Crippen LogP contribution in [0.25, 0.3) is 44.6 Å². The van der Waals surface area contributed by atoms with Gasteiger partial charge in [0.05, 0.1) is 28.0 Å². The number of nitrogens with one attached hydrogen (secondary N) is 2. The summed E-state index contributed by atoms with van der Waals surface area (Å²) in [7, 11) is 0. The molecule has 0 saturated heterocycles. The number of H-pyrrole nitrogens is 2. The van der Waals surface area contributed by atoms with Gasteiger partial charge in [0.1, 0.15) is 23.3 Å². The summed E-state index contributed by atoms with van der Waals surface area (Å²) in [5, 5.41) is 19.7. The molecule has 0 bridgehead atoms. The molecule has 3 N–H and O–H groups in total. The zero-order valence-electron chi connectivity index (χ0n) is 18.5. The number of carboxylic acids is 1. The van der Waals surface area contributed by atoms with Crippen molar-refractivity contribution in [1.29, 1.82) is 0 Å². The van der Waals surface area contributed by atoms with Gasteiger partial charge in [-0.15, -0.1) is 5.10 Å². The number of ether oxygens (including phenoxy) is 1. The molecule has 1 saturated carbocycles. The first-order valence-electron chi connectivity index (χ1n) is 11.4. The third-order valence-corrected chi connectivity index (χ3v) is 6.53. The molecule has 6 rings (SSSR count). The molecule has 5 aromatic rings. The Labute approximate surface area is 198 Å². The molecule has 35 heavy (non-hydrogen) atoms. The van der Waals surface area contributed by atoms with E-state index in [1.54, 1.807) is 24.4 Å². The summed E-state index contributed by atoms with van der Waals surface area (Å²) in [6, 6.07) is 12.2. The summed E-state index contributed by atoms with van der Waals surface area (Å²) in [4.78, 5) is 23.2. The first-order valence-corrected chi connectivity index (χ1v) is 11.4. The number of pyridine rings is 1. The Morgan fingerprint density at radius 2 is 1.83 bits per heavy atom. The van der Waals surface area contributed by atoms with Gasteiger partial charge in [-0.05, 0) is 61.6 Å². The summed E-state index contributed by atoms with van der Waals surface area (Å²) >= 11 is 0.